The molecular formula is C25H21N3O3. The summed E-state index contributed by atoms with van der Waals surface area (Å²) in [6.45, 7) is 1.38. The van der Waals surface area contributed by atoms with Crippen LogP contribution in [0.15, 0.2) is 65.6 Å². The molecule has 3 heterocycles. The van der Waals surface area contributed by atoms with Gasteiger partial charge in [0.05, 0.1) is 18.8 Å². The number of nitrogens with one attached hydrogen (secondary N) is 2. The first-order chi connectivity index (χ1) is 15.2. The molecule has 4 aromatic rings. The number of nitriles is 1. The second-order valence-corrected chi connectivity index (χ2v) is 7.64. The van der Waals surface area contributed by atoms with Crippen LogP contribution >= 0.6 is 0 Å². The lowest BCUT2D eigenvalue weighted by atomic mass is 9.99. The summed E-state index contributed by atoms with van der Waals surface area (Å²) in [5.74, 6) is 0.614. The standard InChI is InChI=1S/C25H21N3O3/c26-15-18-12-16(4-5-24(18)31-19-7-10-30-11-8-19)20-2-1-3-22-21(20)14-23(28-22)17-6-9-27-25(29)13-17/h1-6,9,12-14,19,28H,7-8,10-11H2,(H,27,29). The maximum absolute atomic E-state index is 11.7. The van der Waals surface area contributed by atoms with E-state index >= 15 is 0 Å². The number of aromatic amines is 2. The first-order valence-electron chi connectivity index (χ1n) is 10.3. The number of aromatic nitrogens is 2. The number of hydrogen-bond donors (Lipinski definition) is 2. The van der Waals surface area contributed by atoms with Gasteiger partial charge in [0.15, 0.2) is 0 Å². The van der Waals surface area contributed by atoms with E-state index < -0.39 is 0 Å². The lowest BCUT2D eigenvalue weighted by Gasteiger charge is -2.24. The van der Waals surface area contributed by atoms with Gasteiger partial charge in [-0.2, -0.15) is 5.26 Å². The van der Waals surface area contributed by atoms with Crippen LogP contribution in [0.3, 0.4) is 0 Å². The number of fused-ring (bicyclic) bond motifs is 1. The zero-order valence-electron chi connectivity index (χ0n) is 16.9. The third-order valence-electron chi connectivity index (χ3n) is 5.62. The van der Waals surface area contributed by atoms with Crippen molar-refractivity contribution in [2.45, 2.75) is 18.9 Å². The van der Waals surface area contributed by atoms with Crippen molar-refractivity contribution in [3.63, 3.8) is 0 Å². The van der Waals surface area contributed by atoms with Crippen LogP contribution in [0.4, 0.5) is 0 Å². The van der Waals surface area contributed by atoms with Crippen molar-refractivity contribution in [2.75, 3.05) is 13.2 Å². The van der Waals surface area contributed by atoms with Gasteiger partial charge in [0, 0.05) is 47.3 Å². The number of pyridine rings is 1. The van der Waals surface area contributed by atoms with Crippen molar-refractivity contribution < 1.29 is 9.47 Å². The molecule has 2 N–H and O–H groups in total. The molecule has 1 fully saturated rings. The van der Waals surface area contributed by atoms with Gasteiger partial charge in [-0.15, -0.1) is 0 Å². The Bertz CT molecular complexity index is 1340. The third kappa shape index (κ3) is 3.83. The van der Waals surface area contributed by atoms with E-state index in [2.05, 4.69) is 16.0 Å². The molecule has 0 bridgehead atoms. The maximum Gasteiger partial charge on any atom is 0.248 e. The number of benzene rings is 2. The minimum absolute atomic E-state index is 0.0800. The smallest absolute Gasteiger partial charge is 0.248 e. The number of ether oxygens (including phenoxy) is 2. The van der Waals surface area contributed by atoms with Gasteiger partial charge in [-0.25, -0.2) is 0 Å². The van der Waals surface area contributed by atoms with Gasteiger partial charge in [-0.05, 0) is 41.5 Å². The topological polar surface area (TPSA) is 90.9 Å². The quantitative estimate of drug-likeness (QED) is 0.513. The lowest BCUT2D eigenvalue weighted by Crippen LogP contribution is -2.26. The monoisotopic (exact) mass is 411 g/mol. The molecule has 6 heteroatoms. The Morgan fingerprint density at radius 2 is 1.90 bits per heavy atom. The van der Waals surface area contributed by atoms with Gasteiger partial charge in [-0.3, -0.25) is 4.79 Å². The van der Waals surface area contributed by atoms with E-state index in [0.29, 0.717) is 24.5 Å². The number of H-pyrrole nitrogens is 2. The summed E-state index contributed by atoms with van der Waals surface area (Å²) >= 11 is 0. The fourth-order valence-corrected chi connectivity index (χ4v) is 4.04. The molecule has 0 unspecified atom stereocenters. The van der Waals surface area contributed by atoms with Crippen molar-refractivity contribution in [2.24, 2.45) is 0 Å². The van der Waals surface area contributed by atoms with E-state index in [1.807, 2.05) is 48.5 Å². The van der Waals surface area contributed by atoms with Crippen LogP contribution < -0.4 is 10.3 Å². The van der Waals surface area contributed by atoms with E-state index in [-0.39, 0.29) is 11.7 Å². The van der Waals surface area contributed by atoms with E-state index in [1.165, 1.54) is 0 Å². The van der Waals surface area contributed by atoms with Crippen LogP contribution in [0.2, 0.25) is 0 Å². The van der Waals surface area contributed by atoms with Gasteiger partial charge < -0.3 is 19.4 Å². The zero-order chi connectivity index (χ0) is 21.2. The largest absolute Gasteiger partial charge is 0.489 e. The highest BCUT2D eigenvalue weighted by molar-refractivity contribution is 5.98. The molecule has 1 aliphatic rings. The van der Waals surface area contributed by atoms with Crippen molar-refractivity contribution in [1.29, 1.82) is 5.26 Å². The molecule has 0 spiro atoms. The zero-order valence-corrected chi connectivity index (χ0v) is 16.9. The average molecular weight is 411 g/mol. The van der Waals surface area contributed by atoms with E-state index in [4.69, 9.17) is 9.47 Å². The molecular weight excluding hydrogens is 390 g/mol. The number of hydrogen-bond acceptors (Lipinski definition) is 4. The second-order valence-electron chi connectivity index (χ2n) is 7.64. The molecule has 0 aliphatic carbocycles. The van der Waals surface area contributed by atoms with Crippen LogP contribution in [-0.2, 0) is 4.74 Å². The Labute approximate surface area is 179 Å². The molecule has 0 saturated carbocycles. The predicted molar refractivity (Wildman–Crippen MR) is 119 cm³/mol. The average Bonchev–Trinajstić information content (AvgIpc) is 3.25. The summed E-state index contributed by atoms with van der Waals surface area (Å²) in [5.41, 5.74) is 4.99. The van der Waals surface area contributed by atoms with Gasteiger partial charge in [0.2, 0.25) is 5.56 Å². The molecule has 1 saturated heterocycles. The fraction of sp³-hybridized carbons (Fsp3) is 0.200. The van der Waals surface area contributed by atoms with Gasteiger partial charge in [0.1, 0.15) is 17.9 Å². The van der Waals surface area contributed by atoms with Crippen LogP contribution in [0, 0.1) is 11.3 Å². The summed E-state index contributed by atoms with van der Waals surface area (Å²) < 4.78 is 11.5. The summed E-state index contributed by atoms with van der Waals surface area (Å²) in [7, 11) is 0. The Morgan fingerprint density at radius 1 is 1.03 bits per heavy atom. The molecule has 31 heavy (non-hydrogen) atoms. The summed E-state index contributed by atoms with van der Waals surface area (Å²) in [6, 6.07) is 19.5. The SMILES string of the molecule is N#Cc1cc(-c2cccc3[nH]c(-c4cc[nH]c(=O)c4)cc23)ccc1OC1CCOCC1. The molecule has 2 aromatic carbocycles. The number of rotatable bonds is 4. The Kier molecular flexibility index (Phi) is 5.03. The predicted octanol–water partition coefficient (Wildman–Crippen LogP) is 4.62. The fourth-order valence-electron chi connectivity index (χ4n) is 4.04. The molecule has 0 radical (unpaired) electrons. The maximum atomic E-state index is 11.7. The first-order valence-corrected chi connectivity index (χ1v) is 10.3. The van der Waals surface area contributed by atoms with Crippen LogP contribution in [0.1, 0.15) is 18.4 Å². The van der Waals surface area contributed by atoms with Gasteiger partial charge in [-0.1, -0.05) is 18.2 Å². The first kappa shape index (κ1) is 19.2. The van der Waals surface area contributed by atoms with Gasteiger partial charge in [0.25, 0.3) is 0 Å². The molecule has 0 atom stereocenters. The van der Waals surface area contributed by atoms with Gasteiger partial charge >= 0.3 is 0 Å². The Balaban J connectivity index is 1.53. The summed E-state index contributed by atoms with van der Waals surface area (Å²) in [5, 5.41) is 10.7. The van der Waals surface area contributed by atoms with Crippen LogP contribution in [0.25, 0.3) is 33.3 Å². The molecule has 6 nitrogen and oxygen atoms in total. The Hall–Kier alpha value is -3.82. The third-order valence-corrected chi connectivity index (χ3v) is 5.62. The highest BCUT2D eigenvalue weighted by Crippen LogP contribution is 2.34. The van der Waals surface area contributed by atoms with E-state index in [9.17, 15) is 10.1 Å². The second kappa shape index (κ2) is 8.13. The summed E-state index contributed by atoms with van der Waals surface area (Å²) in [4.78, 5) is 17.7. The molecule has 154 valence electrons. The Morgan fingerprint density at radius 3 is 2.71 bits per heavy atom. The molecule has 2 aromatic heterocycles. The van der Waals surface area contributed by atoms with Crippen molar-refractivity contribution in [1.82, 2.24) is 9.97 Å². The highest BCUT2D eigenvalue weighted by atomic mass is 16.5. The van der Waals surface area contributed by atoms with Crippen molar-refractivity contribution in [3.8, 4) is 34.2 Å². The van der Waals surface area contributed by atoms with E-state index in [1.54, 1.807) is 12.3 Å². The van der Waals surface area contributed by atoms with E-state index in [0.717, 1.165) is 46.1 Å². The van der Waals surface area contributed by atoms with Crippen LogP contribution in [0.5, 0.6) is 5.75 Å². The molecule has 0 amide bonds. The van der Waals surface area contributed by atoms with Crippen LogP contribution in [-0.4, -0.2) is 29.3 Å². The highest BCUT2D eigenvalue weighted by Gasteiger charge is 2.18. The lowest BCUT2D eigenvalue weighted by molar-refractivity contribution is 0.0254. The molecule has 1 aliphatic heterocycles. The minimum Gasteiger partial charge on any atom is -0.489 e. The summed E-state index contributed by atoms with van der Waals surface area (Å²) in [6.07, 6.45) is 3.39. The molecule has 5 rings (SSSR count). The van der Waals surface area contributed by atoms with Crippen molar-refractivity contribution in [3.05, 3.63) is 76.7 Å². The minimum atomic E-state index is -0.143. The van der Waals surface area contributed by atoms with Crippen molar-refractivity contribution >= 4 is 10.9 Å². The number of nitrogens with zero attached hydrogens (tertiary/aromatic N) is 1. The normalized spacial score (nSPS) is 14.4.